The molecule has 0 N–H and O–H groups in total. The normalized spacial score (nSPS) is 10.9. The molecule has 0 saturated carbocycles. The van der Waals surface area contributed by atoms with Gasteiger partial charge in [0.25, 0.3) is 0 Å². The van der Waals surface area contributed by atoms with Crippen molar-refractivity contribution in [3.63, 3.8) is 0 Å². The maximum atomic E-state index is 13.1. The van der Waals surface area contributed by atoms with Crippen LogP contribution in [0, 0.1) is 6.92 Å². The Morgan fingerprint density at radius 3 is 2.42 bits per heavy atom. The van der Waals surface area contributed by atoms with E-state index in [0.29, 0.717) is 28.2 Å². The van der Waals surface area contributed by atoms with Crippen LogP contribution >= 0.6 is 0 Å². The van der Waals surface area contributed by atoms with Crippen LogP contribution in [0.4, 0.5) is 0 Å². The van der Waals surface area contributed by atoms with Gasteiger partial charge in [-0.05, 0) is 25.1 Å². The summed E-state index contributed by atoms with van der Waals surface area (Å²) in [4.78, 5) is 17.5. The lowest BCUT2D eigenvalue weighted by Crippen LogP contribution is -2.02. The van der Waals surface area contributed by atoms with Crippen LogP contribution in [0.15, 0.2) is 77.3 Å². The SMILES string of the molecule is Cc1ccc(C(=O)c2c(-c3ccccn3)oc3ccccc23)cc1. The fourth-order valence-electron chi connectivity index (χ4n) is 2.80. The number of furan rings is 1. The Morgan fingerprint density at radius 2 is 1.67 bits per heavy atom. The first-order valence-electron chi connectivity index (χ1n) is 7.78. The number of carbonyl (C=O) groups excluding carboxylic acids is 1. The number of aromatic nitrogens is 1. The molecule has 4 aromatic rings. The van der Waals surface area contributed by atoms with Crippen LogP contribution < -0.4 is 0 Å². The maximum absolute atomic E-state index is 13.1. The van der Waals surface area contributed by atoms with Crippen LogP contribution in [0.2, 0.25) is 0 Å². The summed E-state index contributed by atoms with van der Waals surface area (Å²) in [6.07, 6.45) is 1.70. The molecule has 2 aromatic heterocycles. The summed E-state index contributed by atoms with van der Waals surface area (Å²) < 4.78 is 5.97. The molecule has 0 fully saturated rings. The summed E-state index contributed by atoms with van der Waals surface area (Å²) in [5, 5.41) is 0.809. The van der Waals surface area contributed by atoms with Crippen LogP contribution in [0.5, 0.6) is 0 Å². The Morgan fingerprint density at radius 1 is 0.917 bits per heavy atom. The topological polar surface area (TPSA) is 43.1 Å². The smallest absolute Gasteiger partial charge is 0.197 e. The minimum atomic E-state index is -0.0550. The van der Waals surface area contributed by atoms with Crippen molar-refractivity contribution in [1.29, 1.82) is 0 Å². The number of rotatable bonds is 3. The third kappa shape index (κ3) is 2.40. The number of fused-ring (bicyclic) bond motifs is 1. The second-order valence-electron chi connectivity index (χ2n) is 5.71. The van der Waals surface area contributed by atoms with E-state index in [1.54, 1.807) is 6.20 Å². The Kier molecular flexibility index (Phi) is 3.47. The molecular formula is C21H15NO2. The largest absolute Gasteiger partial charge is 0.454 e. The molecule has 116 valence electrons. The van der Waals surface area contributed by atoms with E-state index in [0.717, 1.165) is 10.9 Å². The summed E-state index contributed by atoms with van der Waals surface area (Å²) in [5.41, 5.74) is 3.67. The van der Waals surface area contributed by atoms with E-state index in [9.17, 15) is 4.79 Å². The molecule has 3 nitrogen and oxygen atoms in total. The summed E-state index contributed by atoms with van der Waals surface area (Å²) >= 11 is 0. The number of pyridine rings is 1. The monoisotopic (exact) mass is 313 g/mol. The highest BCUT2D eigenvalue weighted by molar-refractivity contribution is 6.19. The predicted molar refractivity (Wildman–Crippen MR) is 94.1 cm³/mol. The van der Waals surface area contributed by atoms with E-state index in [2.05, 4.69) is 4.98 Å². The first-order chi connectivity index (χ1) is 11.7. The average molecular weight is 313 g/mol. The van der Waals surface area contributed by atoms with Gasteiger partial charge in [-0.3, -0.25) is 9.78 Å². The Bertz CT molecular complexity index is 1010. The Labute approximate surface area is 139 Å². The molecule has 0 saturated heterocycles. The minimum Gasteiger partial charge on any atom is -0.454 e. The van der Waals surface area contributed by atoms with Crippen molar-refractivity contribution in [3.8, 4) is 11.5 Å². The van der Waals surface area contributed by atoms with E-state index < -0.39 is 0 Å². The van der Waals surface area contributed by atoms with Gasteiger partial charge in [-0.2, -0.15) is 0 Å². The lowest BCUT2D eigenvalue weighted by Gasteiger charge is -2.03. The first-order valence-corrected chi connectivity index (χ1v) is 7.78. The fourth-order valence-corrected chi connectivity index (χ4v) is 2.80. The zero-order valence-corrected chi connectivity index (χ0v) is 13.2. The Hall–Kier alpha value is -3.20. The van der Waals surface area contributed by atoms with Gasteiger partial charge in [0.15, 0.2) is 11.5 Å². The molecule has 3 heteroatoms. The Balaban J connectivity index is 1.96. The number of nitrogens with zero attached hydrogens (tertiary/aromatic N) is 1. The average Bonchev–Trinajstić information content (AvgIpc) is 3.02. The number of hydrogen-bond donors (Lipinski definition) is 0. The van der Waals surface area contributed by atoms with Crippen LogP contribution in [0.1, 0.15) is 21.5 Å². The number of carbonyl (C=O) groups is 1. The van der Waals surface area contributed by atoms with Crippen molar-refractivity contribution in [3.05, 3.63) is 89.6 Å². The van der Waals surface area contributed by atoms with E-state index in [4.69, 9.17) is 4.42 Å². The van der Waals surface area contributed by atoms with Crippen LogP contribution in [0.3, 0.4) is 0 Å². The second-order valence-corrected chi connectivity index (χ2v) is 5.71. The van der Waals surface area contributed by atoms with Gasteiger partial charge in [0, 0.05) is 17.1 Å². The number of para-hydroxylation sites is 1. The number of benzene rings is 2. The van der Waals surface area contributed by atoms with Crippen LogP contribution in [-0.2, 0) is 0 Å². The third-order valence-electron chi connectivity index (χ3n) is 4.03. The van der Waals surface area contributed by atoms with E-state index in [-0.39, 0.29) is 5.78 Å². The van der Waals surface area contributed by atoms with Crippen molar-refractivity contribution in [2.24, 2.45) is 0 Å². The molecular weight excluding hydrogens is 298 g/mol. The minimum absolute atomic E-state index is 0.0550. The summed E-state index contributed by atoms with van der Waals surface area (Å²) in [7, 11) is 0. The van der Waals surface area contributed by atoms with Crippen molar-refractivity contribution in [2.75, 3.05) is 0 Å². The van der Waals surface area contributed by atoms with Gasteiger partial charge in [0.05, 0.1) is 5.56 Å². The van der Waals surface area contributed by atoms with Gasteiger partial charge in [-0.25, -0.2) is 0 Å². The number of aryl methyl sites for hydroxylation is 1. The molecule has 0 atom stereocenters. The molecule has 0 radical (unpaired) electrons. The quantitative estimate of drug-likeness (QED) is 0.498. The standard InChI is InChI=1S/C21H15NO2/c1-14-9-11-15(12-10-14)20(23)19-16-6-2-3-8-18(16)24-21(19)17-7-4-5-13-22-17/h2-13H,1H3. The van der Waals surface area contributed by atoms with Gasteiger partial charge < -0.3 is 4.42 Å². The van der Waals surface area contributed by atoms with Gasteiger partial charge in [0.2, 0.25) is 0 Å². The lowest BCUT2D eigenvalue weighted by molar-refractivity contribution is 0.104. The van der Waals surface area contributed by atoms with Crippen molar-refractivity contribution in [2.45, 2.75) is 6.92 Å². The summed E-state index contributed by atoms with van der Waals surface area (Å²) in [6.45, 7) is 2.00. The van der Waals surface area contributed by atoms with Gasteiger partial charge in [-0.15, -0.1) is 0 Å². The van der Waals surface area contributed by atoms with Crippen LogP contribution in [0.25, 0.3) is 22.4 Å². The highest BCUT2D eigenvalue weighted by atomic mass is 16.3. The molecule has 0 amide bonds. The predicted octanol–water partition coefficient (Wildman–Crippen LogP) is 5.03. The fraction of sp³-hybridized carbons (Fsp3) is 0.0476. The van der Waals surface area contributed by atoms with Gasteiger partial charge in [0.1, 0.15) is 11.3 Å². The van der Waals surface area contributed by atoms with Crippen molar-refractivity contribution in [1.82, 2.24) is 4.98 Å². The summed E-state index contributed by atoms with van der Waals surface area (Å²) in [5.74, 6) is 0.461. The molecule has 24 heavy (non-hydrogen) atoms. The first kappa shape index (κ1) is 14.4. The molecule has 0 aliphatic carbocycles. The zero-order valence-electron chi connectivity index (χ0n) is 13.2. The van der Waals surface area contributed by atoms with Crippen LogP contribution in [-0.4, -0.2) is 10.8 Å². The molecule has 0 bridgehead atoms. The lowest BCUT2D eigenvalue weighted by atomic mass is 9.98. The van der Waals surface area contributed by atoms with E-state index in [1.807, 2.05) is 73.7 Å². The van der Waals surface area contributed by atoms with Crippen molar-refractivity contribution < 1.29 is 9.21 Å². The third-order valence-corrected chi connectivity index (χ3v) is 4.03. The second kappa shape index (κ2) is 5.78. The molecule has 4 rings (SSSR count). The molecule has 2 aromatic carbocycles. The zero-order chi connectivity index (χ0) is 16.5. The highest BCUT2D eigenvalue weighted by Gasteiger charge is 2.23. The molecule has 0 unspecified atom stereocenters. The molecule has 2 heterocycles. The summed E-state index contributed by atoms with van der Waals surface area (Å²) in [6, 6.07) is 20.7. The maximum Gasteiger partial charge on any atom is 0.197 e. The van der Waals surface area contributed by atoms with E-state index >= 15 is 0 Å². The van der Waals surface area contributed by atoms with Gasteiger partial charge in [-0.1, -0.05) is 54.1 Å². The highest BCUT2D eigenvalue weighted by Crippen LogP contribution is 2.34. The number of hydrogen-bond acceptors (Lipinski definition) is 3. The molecule has 0 aliphatic rings. The van der Waals surface area contributed by atoms with E-state index in [1.165, 1.54) is 0 Å². The molecule has 0 spiro atoms. The van der Waals surface area contributed by atoms with Gasteiger partial charge >= 0.3 is 0 Å². The van der Waals surface area contributed by atoms with Crippen molar-refractivity contribution >= 4 is 16.8 Å². The molecule has 0 aliphatic heterocycles. The number of ketones is 1.